The van der Waals surface area contributed by atoms with E-state index in [4.69, 9.17) is 11.6 Å². The van der Waals surface area contributed by atoms with Crippen molar-refractivity contribution in [3.63, 3.8) is 0 Å². The van der Waals surface area contributed by atoms with Gasteiger partial charge in [-0.25, -0.2) is 9.37 Å². The van der Waals surface area contributed by atoms with Crippen LogP contribution in [0.1, 0.15) is 0 Å². The largest absolute Gasteiger partial charge is 0.344 e. The van der Waals surface area contributed by atoms with Crippen LogP contribution in [0, 0.1) is 5.82 Å². The Morgan fingerprint density at radius 2 is 2.00 bits per heavy atom. The molecule has 3 rings (SSSR count). The van der Waals surface area contributed by atoms with Crippen molar-refractivity contribution in [1.29, 1.82) is 0 Å². The molecule has 0 amide bonds. The lowest BCUT2D eigenvalue weighted by Gasteiger charge is -2.00. The maximum Gasteiger partial charge on any atom is 0.133 e. The van der Waals surface area contributed by atoms with Gasteiger partial charge in [-0.15, -0.1) is 0 Å². The predicted molar refractivity (Wildman–Crippen MR) is 66.3 cm³/mol. The highest BCUT2D eigenvalue weighted by molar-refractivity contribution is 9.10. The summed E-state index contributed by atoms with van der Waals surface area (Å²) in [5, 5.41) is 0.978. The van der Waals surface area contributed by atoms with E-state index in [1.807, 2.05) is 0 Å². The van der Waals surface area contributed by atoms with Gasteiger partial charge in [-0.3, -0.25) is 0 Å². The standard InChI is InChI=1S/C11H5BrClFN2/c12-5-1-7(14)6-3-9-10(4-11(13)16-9)15-8(6)2-5/h1-4,16H. The van der Waals surface area contributed by atoms with Gasteiger partial charge in [-0.2, -0.15) is 0 Å². The van der Waals surface area contributed by atoms with E-state index in [0.29, 0.717) is 20.5 Å². The third-order valence-electron chi connectivity index (χ3n) is 2.40. The summed E-state index contributed by atoms with van der Waals surface area (Å²) in [5.41, 5.74) is 2.07. The zero-order valence-corrected chi connectivity index (χ0v) is 10.2. The average Bonchev–Trinajstić information content (AvgIpc) is 2.54. The van der Waals surface area contributed by atoms with Crippen LogP contribution in [0.3, 0.4) is 0 Å². The fourth-order valence-corrected chi connectivity index (χ4v) is 2.33. The van der Waals surface area contributed by atoms with Crippen LogP contribution in [0.2, 0.25) is 5.15 Å². The quantitative estimate of drug-likeness (QED) is 0.660. The molecule has 2 nitrogen and oxygen atoms in total. The number of aromatic nitrogens is 2. The number of nitrogens with one attached hydrogen (secondary N) is 1. The second-order valence-electron chi connectivity index (χ2n) is 3.49. The molecule has 2 aromatic heterocycles. The molecule has 2 heterocycles. The Hall–Kier alpha value is -1.13. The highest BCUT2D eigenvalue weighted by Crippen LogP contribution is 2.26. The van der Waals surface area contributed by atoms with Crippen molar-refractivity contribution in [2.45, 2.75) is 0 Å². The number of aromatic amines is 1. The highest BCUT2D eigenvalue weighted by Gasteiger charge is 2.07. The zero-order chi connectivity index (χ0) is 11.3. The minimum atomic E-state index is -0.301. The molecule has 0 spiro atoms. The number of fused-ring (bicyclic) bond motifs is 2. The number of halogens is 3. The lowest BCUT2D eigenvalue weighted by atomic mass is 10.2. The number of hydrogen-bond donors (Lipinski definition) is 1. The fourth-order valence-electron chi connectivity index (χ4n) is 1.71. The maximum absolute atomic E-state index is 13.7. The fraction of sp³-hybridized carbons (Fsp3) is 0. The van der Waals surface area contributed by atoms with Crippen molar-refractivity contribution in [3.05, 3.63) is 39.7 Å². The molecule has 16 heavy (non-hydrogen) atoms. The minimum Gasteiger partial charge on any atom is -0.344 e. The SMILES string of the molecule is Fc1cc(Br)cc2nc3cc(Cl)[nH]c3cc12. The molecule has 0 bridgehead atoms. The van der Waals surface area contributed by atoms with Gasteiger partial charge in [0.15, 0.2) is 0 Å². The predicted octanol–water partition coefficient (Wildman–Crippen LogP) is 4.27. The molecular formula is C11H5BrClFN2. The van der Waals surface area contributed by atoms with Crippen LogP contribution in [-0.2, 0) is 0 Å². The van der Waals surface area contributed by atoms with Gasteiger partial charge in [0, 0.05) is 15.9 Å². The van der Waals surface area contributed by atoms with E-state index in [0.717, 1.165) is 11.0 Å². The number of nitrogens with zero attached hydrogens (tertiary/aromatic N) is 1. The Balaban J connectivity index is 2.50. The molecule has 0 atom stereocenters. The number of rotatable bonds is 0. The van der Waals surface area contributed by atoms with E-state index < -0.39 is 0 Å². The van der Waals surface area contributed by atoms with Crippen LogP contribution in [-0.4, -0.2) is 9.97 Å². The van der Waals surface area contributed by atoms with Crippen molar-refractivity contribution in [2.75, 3.05) is 0 Å². The van der Waals surface area contributed by atoms with Crippen molar-refractivity contribution < 1.29 is 4.39 Å². The molecule has 0 radical (unpaired) electrons. The van der Waals surface area contributed by atoms with E-state index in [2.05, 4.69) is 25.9 Å². The molecular weight excluding hydrogens is 294 g/mol. The first-order valence-electron chi connectivity index (χ1n) is 4.57. The molecule has 3 aromatic rings. The first kappa shape index (κ1) is 10.1. The van der Waals surface area contributed by atoms with Gasteiger partial charge >= 0.3 is 0 Å². The maximum atomic E-state index is 13.7. The smallest absolute Gasteiger partial charge is 0.133 e. The summed E-state index contributed by atoms with van der Waals surface area (Å²) < 4.78 is 14.3. The summed E-state index contributed by atoms with van der Waals surface area (Å²) in [5.74, 6) is -0.301. The normalized spacial score (nSPS) is 11.4. The summed E-state index contributed by atoms with van der Waals surface area (Å²) in [6.45, 7) is 0. The van der Waals surface area contributed by atoms with E-state index >= 15 is 0 Å². The van der Waals surface area contributed by atoms with Crippen molar-refractivity contribution >= 4 is 49.5 Å². The van der Waals surface area contributed by atoms with Gasteiger partial charge in [0.05, 0.1) is 16.6 Å². The molecule has 5 heteroatoms. The summed E-state index contributed by atoms with van der Waals surface area (Å²) in [6, 6.07) is 6.62. The summed E-state index contributed by atoms with van der Waals surface area (Å²) >= 11 is 9.06. The Morgan fingerprint density at radius 3 is 2.81 bits per heavy atom. The van der Waals surface area contributed by atoms with Crippen LogP contribution in [0.5, 0.6) is 0 Å². The summed E-state index contributed by atoms with van der Waals surface area (Å²) in [6.07, 6.45) is 0. The van der Waals surface area contributed by atoms with Gasteiger partial charge in [0.1, 0.15) is 11.0 Å². The van der Waals surface area contributed by atoms with Crippen LogP contribution in [0.4, 0.5) is 4.39 Å². The lowest BCUT2D eigenvalue weighted by Crippen LogP contribution is -1.84. The Kier molecular flexibility index (Phi) is 2.16. The van der Waals surface area contributed by atoms with Gasteiger partial charge in [0.2, 0.25) is 0 Å². The second kappa shape index (κ2) is 3.43. The molecule has 1 N–H and O–H groups in total. The third kappa shape index (κ3) is 1.49. The number of H-pyrrole nitrogens is 1. The zero-order valence-electron chi connectivity index (χ0n) is 7.89. The molecule has 0 fully saturated rings. The van der Waals surface area contributed by atoms with Gasteiger partial charge in [-0.1, -0.05) is 27.5 Å². The molecule has 0 saturated heterocycles. The number of benzene rings is 1. The summed E-state index contributed by atoms with van der Waals surface area (Å²) in [4.78, 5) is 7.25. The molecule has 0 unspecified atom stereocenters. The minimum absolute atomic E-state index is 0.301. The van der Waals surface area contributed by atoms with Crippen molar-refractivity contribution in [1.82, 2.24) is 9.97 Å². The molecule has 80 valence electrons. The monoisotopic (exact) mass is 298 g/mol. The van der Waals surface area contributed by atoms with E-state index in [1.165, 1.54) is 6.07 Å². The van der Waals surface area contributed by atoms with E-state index in [1.54, 1.807) is 18.2 Å². The van der Waals surface area contributed by atoms with Gasteiger partial charge < -0.3 is 4.98 Å². The number of pyridine rings is 1. The Labute approximate surface area is 104 Å². The number of hydrogen-bond acceptors (Lipinski definition) is 1. The molecule has 0 aliphatic rings. The van der Waals surface area contributed by atoms with E-state index in [9.17, 15) is 4.39 Å². The molecule has 0 saturated carbocycles. The van der Waals surface area contributed by atoms with Crippen LogP contribution in [0.25, 0.3) is 21.9 Å². The Bertz CT molecular complexity index is 708. The lowest BCUT2D eigenvalue weighted by molar-refractivity contribution is 0.639. The average molecular weight is 300 g/mol. The van der Waals surface area contributed by atoms with Crippen LogP contribution >= 0.6 is 27.5 Å². The first-order chi connectivity index (χ1) is 7.63. The van der Waals surface area contributed by atoms with Gasteiger partial charge in [0.25, 0.3) is 0 Å². The molecule has 1 aromatic carbocycles. The highest BCUT2D eigenvalue weighted by atomic mass is 79.9. The van der Waals surface area contributed by atoms with E-state index in [-0.39, 0.29) is 5.82 Å². The topological polar surface area (TPSA) is 28.7 Å². The van der Waals surface area contributed by atoms with Crippen LogP contribution in [0.15, 0.2) is 28.7 Å². The van der Waals surface area contributed by atoms with Crippen molar-refractivity contribution in [2.24, 2.45) is 0 Å². The molecule has 0 aliphatic carbocycles. The van der Waals surface area contributed by atoms with Gasteiger partial charge in [-0.05, 0) is 18.2 Å². The molecule has 0 aliphatic heterocycles. The second-order valence-corrected chi connectivity index (χ2v) is 4.82. The summed E-state index contributed by atoms with van der Waals surface area (Å²) in [7, 11) is 0. The Morgan fingerprint density at radius 1 is 1.19 bits per heavy atom. The third-order valence-corrected chi connectivity index (χ3v) is 3.06. The van der Waals surface area contributed by atoms with Crippen molar-refractivity contribution in [3.8, 4) is 0 Å². The van der Waals surface area contributed by atoms with Crippen LogP contribution < -0.4 is 0 Å². The first-order valence-corrected chi connectivity index (χ1v) is 5.74.